The number of likely N-dealkylation sites (N-methyl/N-ethyl adjacent to an activating group) is 1. The molecule has 3 rings (SSSR count). The Morgan fingerprint density at radius 3 is 2.30 bits per heavy atom. The third-order valence-corrected chi connectivity index (χ3v) is 5.01. The zero-order valence-electron chi connectivity index (χ0n) is 15.7. The average Bonchev–Trinajstić information content (AvgIpc) is 2.66. The van der Waals surface area contributed by atoms with Crippen LogP contribution in [0.2, 0.25) is 0 Å². The SMILES string of the molecule is CN1CCN(CC(=O)c2c(N)n(Cc3ccccc3)c(=O)n(C)c2=O)CC1. The fraction of sp³-hybridized carbons (Fsp3) is 0.421. The van der Waals surface area contributed by atoms with E-state index in [1.807, 2.05) is 42.3 Å². The Morgan fingerprint density at radius 2 is 1.67 bits per heavy atom. The molecule has 1 saturated heterocycles. The number of nitrogens with zero attached hydrogens (tertiary/aromatic N) is 4. The van der Waals surface area contributed by atoms with Gasteiger partial charge in [-0.3, -0.25) is 23.6 Å². The monoisotopic (exact) mass is 371 g/mol. The summed E-state index contributed by atoms with van der Waals surface area (Å²) in [6.07, 6.45) is 0. The van der Waals surface area contributed by atoms with E-state index in [-0.39, 0.29) is 30.3 Å². The smallest absolute Gasteiger partial charge is 0.332 e. The summed E-state index contributed by atoms with van der Waals surface area (Å²) in [4.78, 5) is 42.1. The van der Waals surface area contributed by atoms with E-state index < -0.39 is 11.2 Å². The first-order valence-electron chi connectivity index (χ1n) is 8.96. The van der Waals surface area contributed by atoms with Crippen LogP contribution in [0, 0.1) is 0 Å². The summed E-state index contributed by atoms with van der Waals surface area (Å²) in [6.45, 7) is 3.58. The van der Waals surface area contributed by atoms with Crippen LogP contribution in [0.4, 0.5) is 5.82 Å². The van der Waals surface area contributed by atoms with Crippen LogP contribution in [-0.2, 0) is 13.6 Å². The maximum atomic E-state index is 12.8. The molecular weight excluding hydrogens is 346 g/mol. The molecule has 8 nitrogen and oxygen atoms in total. The number of carbonyl (C=O) groups is 1. The number of hydrogen-bond acceptors (Lipinski definition) is 6. The molecule has 0 aliphatic carbocycles. The normalized spacial score (nSPS) is 15.8. The number of Topliss-reactive ketones (excluding diaryl/α,β-unsaturated/α-hetero) is 1. The summed E-state index contributed by atoms with van der Waals surface area (Å²) >= 11 is 0. The van der Waals surface area contributed by atoms with Crippen molar-refractivity contribution in [2.75, 3.05) is 45.5 Å². The molecule has 0 radical (unpaired) electrons. The van der Waals surface area contributed by atoms with Gasteiger partial charge in [0, 0.05) is 33.2 Å². The molecule has 2 N–H and O–H groups in total. The van der Waals surface area contributed by atoms with Crippen molar-refractivity contribution in [3.63, 3.8) is 0 Å². The lowest BCUT2D eigenvalue weighted by atomic mass is 10.1. The van der Waals surface area contributed by atoms with Gasteiger partial charge in [-0.15, -0.1) is 0 Å². The molecule has 1 fully saturated rings. The Bertz CT molecular complexity index is 940. The van der Waals surface area contributed by atoms with Gasteiger partial charge in [0.05, 0.1) is 13.1 Å². The lowest BCUT2D eigenvalue weighted by molar-refractivity contribution is 0.0874. The summed E-state index contributed by atoms with van der Waals surface area (Å²) in [5.74, 6) is -0.412. The predicted molar refractivity (Wildman–Crippen MR) is 104 cm³/mol. The first-order valence-corrected chi connectivity index (χ1v) is 8.96. The van der Waals surface area contributed by atoms with E-state index in [0.29, 0.717) is 0 Å². The molecule has 0 unspecified atom stereocenters. The minimum atomic E-state index is -0.638. The molecule has 1 aliphatic rings. The Morgan fingerprint density at radius 1 is 1.04 bits per heavy atom. The van der Waals surface area contributed by atoms with E-state index in [9.17, 15) is 14.4 Å². The highest BCUT2D eigenvalue weighted by Crippen LogP contribution is 2.11. The fourth-order valence-corrected chi connectivity index (χ4v) is 3.25. The third-order valence-electron chi connectivity index (χ3n) is 5.01. The van der Waals surface area contributed by atoms with Gasteiger partial charge >= 0.3 is 5.69 Å². The van der Waals surface area contributed by atoms with Crippen molar-refractivity contribution in [2.24, 2.45) is 7.05 Å². The molecule has 0 bridgehead atoms. The Kier molecular flexibility index (Phi) is 5.57. The Hall–Kier alpha value is -2.71. The maximum Gasteiger partial charge on any atom is 0.332 e. The number of nitrogen functional groups attached to an aromatic ring is 1. The van der Waals surface area contributed by atoms with Crippen LogP contribution >= 0.6 is 0 Å². The molecule has 1 aromatic heterocycles. The number of carbonyl (C=O) groups excluding carboxylic acids is 1. The van der Waals surface area contributed by atoms with Gasteiger partial charge in [0.1, 0.15) is 11.4 Å². The van der Waals surface area contributed by atoms with Crippen molar-refractivity contribution in [3.8, 4) is 0 Å². The second kappa shape index (κ2) is 7.89. The third kappa shape index (κ3) is 4.01. The van der Waals surface area contributed by atoms with E-state index in [1.54, 1.807) is 0 Å². The molecule has 27 heavy (non-hydrogen) atoms. The minimum Gasteiger partial charge on any atom is -0.384 e. The van der Waals surface area contributed by atoms with Crippen molar-refractivity contribution in [3.05, 3.63) is 62.3 Å². The van der Waals surface area contributed by atoms with E-state index in [0.717, 1.165) is 36.3 Å². The summed E-state index contributed by atoms with van der Waals surface area (Å²) in [7, 11) is 3.41. The van der Waals surface area contributed by atoms with Crippen LogP contribution in [-0.4, -0.2) is 64.5 Å². The standard InChI is InChI=1S/C19H25N5O3/c1-21-8-10-23(11-9-21)13-15(25)16-17(20)24(19(27)22(2)18(16)26)12-14-6-4-3-5-7-14/h3-7H,8-13,20H2,1-2H3. The number of hydrogen-bond donors (Lipinski definition) is 1. The van der Waals surface area contributed by atoms with Gasteiger partial charge in [-0.25, -0.2) is 4.79 Å². The van der Waals surface area contributed by atoms with Gasteiger partial charge in [0.2, 0.25) is 0 Å². The number of nitrogens with two attached hydrogens (primary N) is 1. The number of rotatable bonds is 5. The molecule has 1 aliphatic heterocycles. The van der Waals surface area contributed by atoms with Gasteiger partial charge < -0.3 is 10.6 Å². The van der Waals surface area contributed by atoms with Crippen LogP contribution in [0.1, 0.15) is 15.9 Å². The van der Waals surface area contributed by atoms with Gasteiger partial charge in [-0.05, 0) is 12.6 Å². The molecule has 8 heteroatoms. The van der Waals surface area contributed by atoms with E-state index in [2.05, 4.69) is 4.90 Å². The van der Waals surface area contributed by atoms with Crippen LogP contribution < -0.4 is 17.0 Å². The largest absolute Gasteiger partial charge is 0.384 e. The molecule has 0 saturated carbocycles. The molecule has 2 aromatic rings. The molecular formula is C19H25N5O3. The summed E-state index contributed by atoms with van der Waals surface area (Å²) in [6, 6.07) is 9.32. The Labute approximate surface area is 157 Å². The molecule has 0 amide bonds. The lowest BCUT2D eigenvalue weighted by Gasteiger charge is -2.31. The number of ketones is 1. The summed E-state index contributed by atoms with van der Waals surface area (Å²) in [5.41, 5.74) is 5.72. The maximum absolute atomic E-state index is 12.8. The van der Waals surface area contributed by atoms with Gasteiger partial charge in [0.25, 0.3) is 5.56 Å². The lowest BCUT2D eigenvalue weighted by Crippen LogP contribution is -2.48. The molecule has 0 atom stereocenters. The number of piperazine rings is 1. The molecule has 1 aromatic carbocycles. The number of aromatic nitrogens is 2. The zero-order valence-corrected chi connectivity index (χ0v) is 15.7. The Balaban J connectivity index is 1.94. The van der Waals surface area contributed by atoms with Crippen LogP contribution in [0.5, 0.6) is 0 Å². The second-order valence-electron chi connectivity index (χ2n) is 6.98. The van der Waals surface area contributed by atoms with E-state index in [1.165, 1.54) is 11.6 Å². The van der Waals surface area contributed by atoms with Crippen LogP contribution in [0.25, 0.3) is 0 Å². The number of anilines is 1. The van der Waals surface area contributed by atoms with Crippen molar-refractivity contribution in [1.29, 1.82) is 0 Å². The highest BCUT2D eigenvalue weighted by molar-refractivity contribution is 6.01. The summed E-state index contributed by atoms with van der Waals surface area (Å²) < 4.78 is 2.24. The van der Waals surface area contributed by atoms with Crippen molar-refractivity contribution < 1.29 is 4.79 Å². The highest BCUT2D eigenvalue weighted by Gasteiger charge is 2.24. The first kappa shape index (κ1) is 19.1. The minimum absolute atomic E-state index is 0.0638. The molecule has 2 heterocycles. The second-order valence-corrected chi connectivity index (χ2v) is 6.98. The summed E-state index contributed by atoms with van der Waals surface area (Å²) in [5, 5.41) is 0. The number of benzene rings is 1. The van der Waals surface area contributed by atoms with Crippen molar-refractivity contribution in [1.82, 2.24) is 18.9 Å². The zero-order chi connectivity index (χ0) is 19.6. The van der Waals surface area contributed by atoms with Crippen LogP contribution in [0.3, 0.4) is 0 Å². The average molecular weight is 371 g/mol. The van der Waals surface area contributed by atoms with Crippen molar-refractivity contribution >= 4 is 11.6 Å². The van der Waals surface area contributed by atoms with Crippen molar-refractivity contribution in [2.45, 2.75) is 6.54 Å². The van der Waals surface area contributed by atoms with Gasteiger partial charge in [-0.2, -0.15) is 0 Å². The van der Waals surface area contributed by atoms with Gasteiger partial charge in [-0.1, -0.05) is 30.3 Å². The predicted octanol–water partition coefficient (Wildman–Crippen LogP) is -0.392. The van der Waals surface area contributed by atoms with Gasteiger partial charge in [0.15, 0.2) is 5.78 Å². The first-order chi connectivity index (χ1) is 12.9. The van der Waals surface area contributed by atoms with E-state index >= 15 is 0 Å². The topological polar surface area (TPSA) is 93.6 Å². The van der Waals surface area contributed by atoms with E-state index in [4.69, 9.17) is 5.73 Å². The molecule has 144 valence electrons. The molecule has 0 spiro atoms. The van der Waals surface area contributed by atoms with Crippen LogP contribution in [0.15, 0.2) is 39.9 Å². The highest BCUT2D eigenvalue weighted by atomic mass is 16.2. The quantitative estimate of drug-likeness (QED) is 0.720. The fourth-order valence-electron chi connectivity index (χ4n) is 3.25.